The quantitative estimate of drug-likeness (QED) is 0.929. The molecule has 0 amide bonds. The fourth-order valence-corrected chi connectivity index (χ4v) is 4.95. The highest BCUT2D eigenvalue weighted by molar-refractivity contribution is 5.84. The van der Waals surface area contributed by atoms with Gasteiger partial charge < -0.3 is 5.11 Å². The van der Waals surface area contributed by atoms with E-state index in [4.69, 9.17) is 0 Å². The van der Waals surface area contributed by atoms with Crippen LogP contribution in [0.1, 0.15) is 37.7 Å². The van der Waals surface area contributed by atoms with E-state index in [-0.39, 0.29) is 0 Å². The molecule has 1 aromatic heterocycles. The molecule has 2 aromatic rings. The summed E-state index contributed by atoms with van der Waals surface area (Å²) in [6.45, 7) is 3.92. The van der Waals surface area contributed by atoms with Crippen molar-refractivity contribution >= 4 is 10.8 Å². The fourth-order valence-electron chi connectivity index (χ4n) is 4.95. The van der Waals surface area contributed by atoms with E-state index in [1.807, 2.05) is 12.4 Å². The first-order valence-corrected chi connectivity index (χ1v) is 9.62. The zero-order chi connectivity index (χ0) is 17.3. The highest BCUT2D eigenvalue weighted by atomic mass is 16.3. The topological polar surface area (TPSA) is 39.6 Å². The van der Waals surface area contributed by atoms with E-state index >= 15 is 0 Å². The molecule has 0 aliphatic carbocycles. The summed E-state index contributed by atoms with van der Waals surface area (Å²) in [7, 11) is 2.14. The molecule has 0 radical (unpaired) electrons. The number of likely N-dealkylation sites (N-methyl/N-ethyl adjacent to an activating group) is 1. The van der Waals surface area contributed by atoms with Gasteiger partial charge in [-0.25, -0.2) is 0 Å². The molecular formula is C21H29N3O. The first kappa shape index (κ1) is 17.0. The second-order valence-electron chi connectivity index (χ2n) is 7.94. The number of hydrogen-bond donors (Lipinski definition) is 1. The number of aromatic nitrogens is 1. The average molecular weight is 339 g/mol. The molecule has 2 fully saturated rings. The summed E-state index contributed by atoms with van der Waals surface area (Å²) < 4.78 is 0. The van der Waals surface area contributed by atoms with Gasteiger partial charge in [0.25, 0.3) is 0 Å². The van der Waals surface area contributed by atoms with E-state index in [0.717, 1.165) is 45.4 Å². The molecule has 3 heterocycles. The fraction of sp³-hybridized carbons (Fsp3) is 0.571. The minimum absolute atomic E-state index is 0.342. The van der Waals surface area contributed by atoms with Crippen LogP contribution in [-0.2, 0) is 6.54 Å². The lowest BCUT2D eigenvalue weighted by molar-refractivity contribution is -0.107. The Morgan fingerprint density at radius 1 is 1.24 bits per heavy atom. The van der Waals surface area contributed by atoms with Gasteiger partial charge in [-0.1, -0.05) is 24.6 Å². The predicted octanol–water partition coefficient (Wildman–Crippen LogP) is 3.05. The molecule has 4 heteroatoms. The average Bonchev–Trinajstić information content (AvgIpc) is 2.62. The van der Waals surface area contributed by atoms with Crippen LogP contribution in [0.15, 0.2) is 36.7 Å². The van der Waals surface area contributed by atoms with Gasteiger partial charge in [0.2, 0.25) is 0 Å². The maximum atomic E-state index is 11.4. The molecule has 0 saturated carbocycles. The SMILES string of the molecule is CN(Cc1cccc2cnccc12)C[C@]1(O)CCCN2CCCC[C@@H]21. The van der Waals surface area contributed by atoms with Crippen LogP contribution in [0.25, 0.3) is 10.8 Å². The van der Waals surface area contributed by atoms with Crippen LogP contribution in [0.2, 0.25) is 0 Å². The minimum Gasteiger partial charge on any atom is -0.387 e. The monoisotopic (exact) mass is 339 g/mol. The van der Waals surface area contributed by atoms with Gasteiger partial charge >= 0.3 is 0 Å². The highest BCUT2D eigenvalue weighted by Gasteiger charge is 2.44. The molecule has 2 aliphatic rings. The van der Waals surface area contributed by atoms with E-state index < -0.39 is 5.60 Å². The van der Waals surface area contributed by atoms with E-state index in [2.05, 4.69) is 46.1 Å². The van der Waals surface area contributed by atoms with Crippen LogP contribution in [0.5, 0.6) is 0 Å². The summed E-state index contributed by atoms with van der Waals surface area (Å²) >= 11 is 0. The zero-order valence-electron chi connectivity index (χ0n) is 15.2. The molecule has 0 bridgehead atoms. The van der Waals surface area contributed by atoms with E-state index in [9.17, 15) is 5.11 Å². The van der Waals surface area contributed by atoms with Crippen LogP contribution in [0.4, 0.5) is 0 Å². The molecule has 0 unspecified atom stereocenters. The van der Waals surface area contributed by atoms with Crippen molar-refractivity contribution in [3.63, 3.8) is 0 Å². The van der Waals surface area contributed by atoms with Gasteiger partial charge in [-0.15, -0.1) is 0 Å². The molecule has 0 spiro atoms. The Bertz CT molecular complexity index is 727. The van der Waals surface area contributed by atoms with Gasteiger partial charge in [0.1, 0.15) is 0 Å². The third-order valence-electron chi connectivity index (χ3n) is 6.04. The maximum Gasteiger partial charge on any atom is 0.0928 e. The second kappa shape index (κ2) is 7.02. The van der Waals surface area contributed by atoms with Crippen molar-refractivity contribution in [2.45, 2.75) is 50.3 Å². The standard InChI is InChI=1S/C21H29N3O/c1-23(15-18-7-4-6-17-14-22-11-9-19(17)18)16-21(25)10-5-13-24-12-3-2-8-20(21)24/h4,6-7,9,11,14,20,25H,2-3,5,8,10,12-13,15-16H2,1H3/t20-,21-/m1/s1. The lowest BCUT2D eigenvalue weighted by atomic mass is 9.79. The number of fused-ring (bicyclic) bond motifs is 2. The molecule has 2 atom stereocenters. The summed E-state index contributed by atoms with van der Waals surface area (Å²) in [6, 6.07) is 8.84. The third-order valence-corrected chi connectivity index (χ3v) is 6.04. The van der Waals surface area contributed by atoms with E-state index in [1.54, 1.807) is 0 Å². The van der Waals surface area contributed by atoms with Crippen LogP contribution in [0.3, 0.4) is 0 Å². The Morgan fingerprint density at radius 3 is 3.04 bits per heavy atom. The molecule has 1 N–H and O–H groups in total. The summed E-state index contributed by atoms with van der Waals surface area (Å²) in [5, 5.41) is 13.9. The van der Waals surface area contributed by atoms with Crippen molar-refractivity contribution in [1.82, 2.24) is 14.8 Å². The Hall–Kier alpha value is -1.49. The highest BCUT2D eigenvalue weighted by Crippen LogP contribution is 2.35. The summed E-state index contributed by atoms with van der Waals surface area (Å²) in [6.07, 6.45) is 9.51. The first-order valence-electron chi connectivity index (χ1n) is 9.62. The van der Waals surface area contributed by atoms with Crippen molar-refractivity contribution in [2.24, 2.45) is 0 Å². The Morgan fingerprint density at radius 2 is 2.12 bits per heavy atom. The van der Waals surface area contributed by atoms with Crippen LogP contribution < -0.4 is 0 Å². The number of nitrogens with zero attached hydrogens (tertiary/aromatic N) is 3. The van der Waals surface area contributed by atoms with E-state index in [0.29, 0.717) is 6.04 Å². The van der Waals surface area contributed by atoms with Gasteiger partial charge in [0.15, 0.2) is 0 Å². The third kappa shape index (κ3) is 3.43. The van der Waals surface area contributed by atoms with Gasteiger partial charge in [0.05, 0.1) is 5.60 Å². The first-order chi connectivity index (χ1) is 12.2. The number of pyridine rings is 1. The predicted molar refractivity (Wildman–Crippen MR) is 101 cm³/mol. The van der Waals surface area contributed by atoms with E-state index in [1.165, 1.54) is 29.2 Å². The molecule has 2 aliphatic heterocycles. The van der Waals surface area contributed by atoms with Gasteiger partial charge in [-0.05, 0) is 62.8 Å². The molecule has 4 rings (SSSR count). The number of piperidine rings is 2. The molecule has 4 nitrogen and oxygen atoms in total. The molecule has 134 valence electrons. The van der Waals surface area contributed by atoms with Crippen LogP contribution in [0, 0.1) is 0 Å². The molecule has 2 saturated heterocycles. The Kier molecular flexibility index (Phi) is 4.76. The molecule has 25 heavy (non-hydrogen) atoms. The number of aliphatic hydroxyl groups is 1. The van der Waals surface area contributed by atoms with Crippen molar-refractivity contribution in [2.75, 3.05) is 26.7 Å². The zero-order valence-corrected chi connectivity index (χ0v) is 15.2. The lowest BCUT2D eigenvalue weighted by Crippen LogP contribution is -2.62. The summed E-state index contributed by atoms with van der Waals surface area (Å²) in [5.41, 5.74) is 0.738. The number of benzene rings is 1. The Labute approximate surface area is 150 Å². The largest absolute Gasteiger partial charge is 0.387 e. The van der Waals surface area contributed by atoms with Crippen LogP contribution in [-0.4, -0.2) is 58.2 Å². The summed E-state index contributed by atoms with van der Waals surface area (Å²) in [4.78, 5) is 9.05. The van der Waals surface area contributed by atoms with Crippen molar-refractivity contribution in [3.8, 4) is 0 Å². The smallest absolute Gasteiger partial charge is 0.0928 e. The maximum absolute atomic E-state index is 11.4. The number of hydrogen-bond acceptors (Lipinski definition) is 4. The Balaban J connectivity index is 1.50. The van der Waals surface area contributed by atoms with Crippen LogP contribution >= 0.6 is 0 Å². The second-order valence-corrected chi connectivity index (χ2v) is 7.94. The molecular weight excluding hydrogens is 310 g/mol. The molecule has 1 aromatic carbocycles. The lowest BCUT2D eigenvalue weighted by Gasteiger charge is -2.50. The van der Waals surface area contributed by atoms with Crippen molar-refractivity contribution in [3.05, 3.63) is 42.2 Å². The van der Waals surface area contributed by atoms with Gasteiger partial charge in [-0.2, -0.15) is 0 Å². The van der Waals surface area contributed by atoms with Gasteiger partial charge in [-0.3, -0.25) is 14.8 Å². The summed E-state index contributed by atoms with van der Waals surface area (Å²) in [5.74, 6) is 0. The number of rotatable bonds is 4. The minimum atomic E-state index is -0.570. The normalized spacial score (nSPS) is 27.6. The van der Waals surface area contributed by atoms with Gasteiger partial charge in [0, 0.05) is 36.9 Å². The van der Waals surface area contributed by atoms with Crippen molar-refractivity contribution < 1.29 is 5.11 Å². The van der Waals surface area contributed by atoms with Crippen molar-refractivity contribution in [1.29, 1.82) is 0 Å².